The molecule has 6 nitrogen and oxygen atoms in total. The lowest BCUT2D eigenvalue weighted by Crippen LogP contribution is -2.37. The maximum Gasteiger partial charge on any atom is 0.419 e. The van der Waals surface area contributed by atoms with E-state index in [-0.39, 0.29) is 17.9 Å². The van der Waals surface area contributed by atoms with E-state index in [2.05, 4.69) is 0 Å². The molecule has 6 heteroatoms. The van der Waals surface area contributed by atoms with Crippen LogP contribution in [0.25, 0.3) is 11.1 Å². The molecule has 2 N–H and O–H groups in total. The van der Waals surface area contributed by atoms with Gasteiger partial charge in [-0.1, -0.05) is 6.07 Å². The Labute approximate surface area is 109 Å². The highest BCUT2D eigenvalue weighted by molar-refractivity contribution is 5.73. The minimum absolute atomic E-state index is 0.165. The molecule has 0 bridgehead atoms. The van der Waals surface area contributed by atoms with Gasteiger partial charge in [-0.25, -0.2) is 4.79 Å². The van der Waals surface area contributed by atoms with Gasteiger partial charge in [0.2, 0.25) is 0 Å². The lowest BCUT2D eigenvalue weighted by Gasteiger charge is -2.28. The third-order valence-corrected chi connectivity index (χ3v) is 3.44. The molecular weight excluding hydrogens is 248 g/mol. The maximum atomic E-state index is 11.4. The van der Waals surface area contributed by atoms with Crippen LogP contribution >= 0.6 is 0 Å². The lowest BCUT2D eigenvalue weighted by atomic mass is 10.0. The number of hydrogen-bond donors (Lipinski definition) is 1. The molecule has 0 radical (unpaired) electrons. The Balaban J connectivity index is 1.94. The zero-order valence-corrected chi connectivity index (χ0v) is 10.7. The topological polar surface area (TPSA) is 79.6 Å². The SMILES string of the molecule is Cn1c(=O)oc2cc(C(N)C3COCCO3)ccc21. The Hall–Kier alpha value is -1.63. The largest absolute Gasteiger partial charge is 0.419 e. The smallest absolute Gasteiger partial charge is 0.408 e. The van der Waals surface area contributed by atoms with Crippen LogP contribution < -0.4 is 11.5 Å². The molecule has 1 fully saturated rings. The third kappa shape index (κ3) is 2.18. The van der Waals surface area contributed by atoms with Crippen molar-refractivity contribution in [1.82, 2.24) is 4.57 Å². The number of nitrogens with two attached hydrogens (primary N) is 1. The fraction of sp³-hybridized carbons (Fsp3) is 0.462. The molecule has 2 heterocycles. The van der Waals surface area contributed by atoms with Crippen molar-refractivity contribution in [3.05, 3.63) is 34.3 Å². The standard InChI is InChI=1S/C13H16N2O4/c1-15-9-3-2-8(6-10(9)19-13(15)16)12(14)11-7-17-4-5-18-11/h2-3,6,11-12H,4-5,7,14H2,1H3. The Morgan fingerprint density at radius 1 is 1.42 bits per heavy atom. The van der Waals surface area contributed by atoms with E-state index in [0.29, 0.717) is 25.4 Å². The monoisotopic (exact) mass is 264 g/mol. The first kappa shape index (κ1) is 12.4. The van der Waals surface area contributed by atoms with Crippen molar-refractivity contribution in [3.8, 4) is 0 Å². The summed E-state index contributed by atoms with van der Waals surface area (Å²) in [4.78, 5) is 11.4. The highest BCUT2D eigenvalue weighted by atomic mass is 16.6. The molecule has 0 amide bonds. The quantitative estimate of drug-likeness (QED) is 0.856. The van der Waals surface area contributed by atoms with Crippen LogP contribution in [-0.4, -0.2) is 30.5 Å². The summed E-state index contributed by atoms with van der Waals surface area (Å²) in [5.74, 6) is -0.377. The molecule has 1 saturated heterocycles. The number of nitrogens with zero attached hydrogens (tertiary/aromatic N) is 1. The van der Waals surface area contributed by atoms with Gasteiger partial charge in [0.25, 0.3) is 0 Å². The van der Waals surface area contributed by atoms with E-state index in [4.69, 9.17) is 19.6 Å². The van der Waals surface area contributed by atoms with E-state index in [9.17, 15) is 4.79 Å². The number of aromatic nitrogens is 1. The summed E-state index contributed by atoms with van der Waals surface area (Å²) in [7, 11) is 1.67. The van der Waals surface area contributed by atoms with Gasteiger partial charge in [-0.2, -0.15) is 0 Å². The average molecular weight is 264 g/mol. The van der Waals surface area contributed by atoms with Crippen molar-refractivity contribution < 1.29 is 13.9 Å². The summed E-state index contributed by atoms with van der Waals surface area (Å²) >= 11 is 0. The maximum absolute atomic E-state index is 11.4. The van der Waals surface area contributed by atoms with Crippen LogP contribution in [0.3, 0.4) is 0 Å². The second-order valence-electron chi connectivity index (χ2n) is 4.66. The Bertz CT molecular complexity index is 640. The lowest BCUT2D eigenvalue weighted by molar-refractivity contribution is -0.0975. The zero-order valence-electron chi connectivity index (χ0n) is 10.7. The normalized spacial score (nSPS) is 21.7. The summed E-state index contributed by atoms with van der Waals surface area (Å²) in [5, 5.41) is 0. The number of fused-ring (bicyclic) bond motifs is 1. The summed E-state index contributed by atoms with van der Waals surface area (Å²) in [6.07, 6.45) is -0.165. The van der Waals surface area contributed by atoms with Crippen LogP contribution in [0.4, 0.5) is 0 Å². The molecular formula is C13H16N2O4. The zero-order chi connectivity index (χ0) is 13.4. The Morgan fingerprint density at radius 3 is 3.00 bits per heavy atom. The second-order valence-corrected chi connectivity index (χ2v) is 4.66. The van der Waals surface area contributed by atoms with E-state index >= 15 is 0 Å². The van der Waals surface area contributed by atoms with Gasteiger partial charge in [0.1, 0.15) is 6.10 Å². The predicted octanol–water partition coefficient (Wildman–Crippen LogP) is 0.547. The van der Waals surface area contributed by atoms with Crippen molar-refractivity contribution in [3.63, 3.8) is 0 Å². The van der Waals surface area contributed by atoms with E-state index in [1.807, 2.05) is 12.1 Å². The fourth-order valence-corrected chi connectivity index (χ4v) is 2.29. The molecule has 1 aliphatic heterocycles. The molecule has 3 rings (SSSR count). The minimum Gasteiger partial charge on any atom is -0.408 e. The van der Waals surface area contributed by atoms with E-state index < -0.39 is 0 Å². The minimum atomic E-state index is -0.377. The first-order chi connectivity index (χ1) is 9.16. The van der Waals surface area contributed by atoms with Crippen molar-refractivity contribution in [2.75, 3.05) is 19.8 Å². The number of aryl methyl sites for hydroxylation is 1. The first-order valence-corrected chi connectivity index (χ1v) is 6.21. The van der Waals surface area contributed by atoms with Crippen LogP contribution in [0.15, 0.2) is 27.4 Å². The van der Waals surface area contributed by atoms with Crippen molar-refractivity contribution >= 4 is 11.1 Å². The highest BCUT2D eigenvalue weighted by Crippen LogP contribution is 2.23. The van der Waals surface area contributed by atoms with Gasteiger partial charge in [-0.3, -0.25) is 4.57 Å². The van der Waals surface area contributed by atoms with Crippen LogP contribution in [0, 0.1) is 0 Å². The van der Waals surface area contributed by atoms with Crippen LogP contribution in [0.5, 0.6) is 0 Å². The second kappa shape index (κ2) is 4.80. The van der Waals surface area contributed by atoms with Gasteiger partial charge in [-0.05, 0) is 17.7 Å². The molecule has 2 atom stereocenters. The molecule has 1 aromatic heterocycles. The summed E-state index contributed by atoms with van der Waals surface area (Å²) in [5.41, 5.74) is 8.34. The van der Waals surface area contributed by atoms with E-state index in [0.717, 1.165) is 11.1 Å². The fourth-order valence-electron chi connectivity index (χ4n) is 2.29. The van der Waals surface area contributed by atoms with Gasteiger partial charge in [0, 0.05) is 7.05 Å². The number of hydrogen-bond acceptors (Lipinski definition) is 5. The van der Waals surface area contributed by atoms with Gasteiger partial charge in [0.15, 0.2) is 5.58 Å². The van der Waals surface area contributed by atoms with Crippen molar-refractivity contribution in [2.45, 2.75) is 12.1 Å². The Kier molecular flexibility index (Phi) is 3.14. The van der Waals surface area contributed by atoms with Gasteiger partial charge in [-0.15, -0.1) is 0 Å². The molecule has 1 aliphatic rings. The van der Waals surface area contributed by atoms with Crippen molar-refractivity contribution in [2.24, 2.45) is 12.8 Å². The molecule has 0 spiro atoms. The van der Waals surface area contributed by atoms with Crippen LogP contribution in [0.1, 0.15) is 11.6 Å². The highest BCUT2D eigenvalue weighted by Gasteiger charge is 2.24. The van der Waals surface area contributed by atoms with E-state index in [1.165, 1.54) is 4.57 Å². The molecule has 0 saturated carbocycles. The summed E-state index contributed by atoms with van der Waals surface area (Å²) < 4.78 is 17.6. The molecule has 0 aliphatic carbocycles. The number of benzene rings is 1. The molecule has 102 valence electrons. The van der Waals surface area contributed by atoms with Gasteiger partial charge < -0.3 is 19.6 Å². The number of oxazole rings is 1. The number of rotatable bonds is 2. The summed E-state index contributed by atoms with van der Waals surface area (Å²) in [6, 6.07) is 5.22. The first-order valence-electron chi connectivity index (χ1n) is 6.21. The molecule has 2 aromatic rings. The predicted molar refractivity (Wildman–Crippen MR) is 68.9 cm³/mol. The molecule has 19 heavy (non-hydrogen) atoms. The van der Waals surface area contributed by atoms with Crippen LogP contribution in [-0.2, 0) is 16.5 Å². The van der Waals surface area contributed by atoms with Crippen molar-refractivity contribution in [1.29, 1.82) is 0 Å². The number of ether oxygens (including phenoxy) is 2. The van der Waals surface area contributed by atoms with Gasteiger partial charge >= 0.3 is 5.76 Å². The summed E-state index contributed by atoms with van der Waals surface area (Å²) in [6.45, 7) is 1.65. The van der Waals surface area contributed by atoms with Crippen LogP contribution in [0.2, 0.25) is 0 Å². The van der Waals surface area contributed by atoms with E-state index in [1.54, 1.807) is 13.1 Å². The van der Waals surface area contributed by atoms with Gasteiger partial charge in [0.05, 0.1) is 31.4 Å². The Morgan fingerprint density at radius 2 is 2.26 bits per heavy atom. The molecule has 1 aromatic carbocycles. The average Bonchev–Trinajstić information content (AvgIpc) is 2.74. The third-order valence-electron chi connectivity index (χ3n) is 3.44. The molecule has 2 unspecified atom stereocenters.